The molecule has 23 heavy (non-hydrogen) atoms. The maximum Gasteiger partial charge on any atom is 0.414 e. The summed E-state index contributed by atoms with van der Waals surface area (Å²) < 4.78 is 10.8. The van der Waals surface area contributed by atoms with Crippen LogP contribution in [0.15, 0.2) is 28.9 Å². The molecular formula is C17H19N3O3. The number of aryl methyl sites for hydroxylation is 2. The largest absolute Gasteiger partial charge is 0.443 e. The van der Waals surface area contributed by atoms with Gasteiger partial charge in [-0.3, -0.25) is 4.90 Å². The van der Waals surface area contributed by atoms with Gasteiger partial charge in [-0.25, -0.2) is 4.79 Å². The fourth-order valence-corrected chi connectivity index (χ4v) is 3.37. The van der Waals surface area contributed by atoms with Crippen molar-refractivity contribution in [1.82, 2.24) is 10.5 Å². The Bertz CT molecular complexity index is 740. The molecule has 1 unspecified atom stereocenters. The van der Waals surface area contributed by atoms with Crippen LogP contribution in [0.25, 0.3) is 11.3 Å². The summed E-state index contributed by atoms with van der Waals surface area (Å²) in [6.45, 7) is 1.24. The number of amides is 1. The van der Waals surface area contributed by atoms with Crippen molar-refractivity contribution in [3.8, 4) is 11.3 Å². The molecule has 120 valence electrons. The summed E-state index contributed by atoms with van der Waals surface area (Å²) in [6.07, 6.45) is 4.41. The van der Waals surface area contributed by atoms with E-state index in [1.165, 1.54) is 5.56 Å². The van der Waals surface area contributed by atoms with E-state index >= 15 is 0 Å². The third-order valence-corrected chi connectivity index (χ3v) is 4.49. The number of nitrogens with one attached hydrogen (secondary N) is 1. The Hall–Kier alpha value is -2.34. The Labute approximate surface area is 134 Å². The molecule has 6 heteroatoms. The molecule has 1 saturated heterocycles. The van der Waals surface area contributed by atoms with Crippen LogP contribution in [0.4, 0.5) is 10.5 Å². The van der Waals surface area contributed by atoms with E-state index in [9.17, 15) is 4.79 Å². The van der Waals surface area contributed by atoms with E-state index in [-0.39, 0.29) is 12.2 Å². The molecule has 0 radical (unpaired) electrons. The average Bonchev–Trinajstić information content (AvgIpc) is 3.10. The van der Waals surface area contributed by atoms with E-state index in [1.54, 1.807) is 11.1 Å². The molecule has 2 heterocycles. The quantitative estimate of drug-likeness (QED) is 0.942. The number of nitrogens with zero attached hydrogens (tertiary/aromatic N) is 2. The lowest BCUT2D eigenvalue weighted by molar-refractivity contribution is 0.141. The minimum Gasteiger partial charge on any atom is -0.443 e. The molecule has 0 spiro atoms. The first-order valence-electron chi connectivity index (χ1n) is 7.96. The van der Waals surface area contributed by atoms with Gasteiger partial charge < -0.3 is 14.6 Å². The summed E-state index contributed by atoms with van der Waals surface area (Å²) in [7, 11) is 1.86. The van der Waals surface area contributed by atoms with Gasteiger partial charge in [-0.1, -0.05) is 5.16 Å². The van der Waals surface area contributed by atoms with Crippen molar-refractivity contribution in [3.05, 3.63) is 35.5 Å². The first kappa shape index (κ1) is 14.3. The van der Waals surface area contributed by atoms with Crippen LogP contribution in [0.3, 0.4) is 0 Å². The maximum atomic E-state index is 12.1. The molecule has 1 aromatic heterocycles. The van der Waals surface area contributed by atoms with Crippen molar-refractivity contribution in [2.24, 2.45) is 0 Å². The second kappa shape index (κ2) is 5.70. The Balaban J connectivity index is 1.66. The van der Waals surface area contributed by atoms with Crippen LogP contribution in [0.2, 0.25) is 0 Å². The van der Waals surface area contributed by atoms with E-state index in [0.717, 1.165) is 41.8 Å². The van der Waals surface area contributed by atoms with Crippen molar-refractivity contribution < 1.29 is 14.1 Å². The first-order valence-corrected chi connectivity index (χ1v) is 7.96. The highest BCUT2D eigenvalue weighted by molar-refractivity contribution is 5.90. The number of aromatic nitrogens is 1. The highest BCUT2D eigenvalue weighted by atomic mass is 16.6. The third-order valence-electron chi connectivity index (χ3n) is 4.49. The van der Waals surface area contributed by atoms with Crippen molar-refractivity contribution in [2.75, 3.05) is 25.0 Å². The maximum absolute atomic E-state index is 12.1. The molecular weight excluding hydrogens is 294 g/mol. The zero-order valence-electron chi connectivity index (χ0n) is 13.0. The fraction of sp³-hybridized carbons (Fsp3) is 0.412. The second-order valence-corrected chi connectivity index (χ2v) is 6.05. The molecule has 1 aliphatic carbocycles. The summed E-state index contributed by atoms with van der Waals surface area (Å²) >= 11 is 0. The summed E-state index contributed by atoms with van der Waals surface area (Å²) in [5.41, 5.74) is 4.32. The van der Waals surface area contributed by atoms with Gasteiger partial charge >= 0.3 is 6.09 Å². The number of anilines is 1. The number of hydrogen-bond donors (Lipinski definition) is 1. The number of cyclic esters (lactones) is 1. The first-order chi connectivity index (χ1) is 11.3. The van der Waals surface area contributed by atoms with Crippen LogP contribution in [-0.4, -0.2) is 37.5 Å². The minimum atomic E-state index is -0.279. The lowest BCUT2D eigenvalue weighted by Crippen LogP contribution is -2.29. The smallest absolute Gasteiger partial charge is 0.414 e. The summed E-state index contributed by atoms with van der Waals surface area (Å²) in [5.74, 6) is 0.862. The van der Waals surface area contributed by atoms with Gasteiger partial charge in [-0.15, -0.1) is 0 Å². The standard InChI is InChI=1S/C17H19N3O3/c1-18-9-14-10-20(17(21)22-14)13-5-6-15-11(7-13)3-2-4-12-8-19-23-16(12)15/h5-8,14,18H,2-4,9-10H2,1H3. The van der Waals surface area contributed by atoms with Gasteiger partial charge in [0.25, 0.3) is 0 Å². The van der Waals surface area contributed by atoms with E-state index in [4.69, 9.17) is 9.26 Å². The van der Waals surface area contributed by atoms with E-state index < -0.39 is 0 Å². The van der Waals surface area contributed by atoms with Crippen molar-refractivity contribution in [3.63, 3.8) is 0 Å². The molecule has 1 atom stereocenters. The zero-order valence-corrected chi connectivity index (χ0v) is 13.0. The molecule has 1 aliphatic heterocycles. The van der Waals surface area contributed by atoms with Crippen LogP contribution in [0.5, 0.6) is 0 Å². The predicted octanol–water partition coefficient (Wildman–Crippen LogP) is 2.37. The van der Waals surface area contributed by atoms with Crippen molar-refractivity contribution in [1.29, 1.82) is 0 Å². The Morgan fingerprint density at radius 2 is 2.22 bits per heavy atom. The number of carbonyl (C=O) groups excluding carboxylic acids is 1. The van der Waals surface area contributed by atoms with Gasteiger partial charge in [-0.05, 0) is 50.1 Å². The van der Waals surface area contributed by atoms with Crippen molar-refractivity contribution >= 4 is 11.8 Å². The summed E-state index contributed by atoms with van der Waals surface area (Å²) in [5, 5.41) is 6.97. The number of likely N-dealkylation sites (N-methyl/N-ethyl adjacent to an activating group) is 1. The normalized spacial score (nSPS) is 20.0. The Morgan fingerprint density at radius 3 is 3.09 bits per heavy atom. The molecule has 2 aliphatic rings. The van der Waals surface area contributed by atoms with Crippen molar-refractivity contribution in [2.45, 2.75) is 25.4 Å². The van der Waals surface area contributed by atoms with Gasteiger partial charge in [0, 0.05) is 23.4 Å². The van der Waals surface area contributed by atoms with Crippen LogP contribution in [-0.2, 0) is 17.6 Å². The molecule has 6 nitrogen and oxygen atoms in total. The second-order valence-electron chi connectivity index (χ2n) is 6.05. The zero-order chi connectivity index (χ0) is 15.8. The molecule has 1 N–H and O–H groups in total. The van der Waals surface area contributed by atoms with Crippen LogP contribution in [0, 0.1) is 0 Å². The fourth-order valence-electron chi connectivity index (χ4n) is 3.37. The van der Waals surface area contributed by atoms with E-state index in [1.807, 2.05) is 19.2 Å². The topological polar surface area (TPSA) is 67.6 Å². The van der Waals surface area contributed by atoms with Gasteiger partial charge in [0.2, 0.25) is 0 Å². The molecule has 0 bridgehead atoms. The average molecular weight is 313 g/mol. The van der Waals surface area contributed by atoms with Crippen LogP contribution < -0.4 is 10.2 Å². The van der Waals surface area contributed by atoms with Gasteiger partial charge in [0.15, 0.2) is 5.76 Å². The highest BCUT2D eigenvalue weighted by Gasteiger charge is 2.32. The highest BCUT2D eigenvalue weighted by Crippen LogP contribution is 2.35. The lowest BCUT2D eigenvalue weighted by Gasteiger charge is -2.15. The number of ether oxygens (including phenoxy) is 1. The van der Waals surface area contributed by atoms with Gasteiger partial charge in [-0.2, -0.15) is 0 Å². The van der Waals surface area contributed by atoms with Gasteiger partial charge in [0.05, 0.1) is 12.7 Å². The Morgan fingerprint density at radius 1 is 1.35 bits per heavy atom. The number of rotatable bonds is 3. The minimum absolute atomic E-state index is 0.104. The number of carbonyl (C=O) groups is 1. The third kappa shape index (κ3) is 2.49. The van der Waals surface area contributed by atoms with Gasteiger partial charge in [0.1, 0.15) is 6.10 Å². The van der Waals surface area contributed by atoms with E-state index in [2.05, 4.69) is 16.5 Å². The summed E-state index contributed by atoms with van der Waals surface area (Å²) in [4.78, 5) is 13.8. The molecule has 4 rings (SSSR count). The number of benzene rings is 1. The lowest BCUT2D eigenvalue weighted by atomic mass is 10.0. The molecule has 0 saturated carbocycles. The summed E-state index contributed by atoms with van der Waals surface area (Å²) in [6, 6.07) is 6.06. The predicted molar refractivity (Wildman–Crippen MR) is 85.5 cm³/mol. The Kier molecular flexibility index (Phi) is 3.53. The van der Waals surface area contributed by atoms with Crippen LogP contribution >= 0.6 is 0 Å². The number of hydrogen-bond acceptors (Lipinski definition) is 5. The van der Waals surface area contributed by atoms with E-state index in [0.29, 0.717) is 13.1 Å². The molecule has 1 aromatic carbocycles. The molecule has 1 fully saturated rings. The SMILES string of the molecule is CNCC1CN(c2ccc3c(c2)CCCc2cnoc2-3)C(=O)O1. The molecule has 1 amide bonds. The van der Waals surface area contributed by atoms with Crippen LogP contribution in [0.1, 0.15) is 17.5 Å². The number of fused-ring (bicyclic) bond motifs is 3. The molecule has 2 aromatic rings. The monoisotopic (exact) mass is 313 g/mol.